The average molecular weight is 346 g/mol. The Morgan fingerprint density at radius 2 is 1.72 bits per heavy atom. The van der Waals surface area contributed by atoms with Gasteiger partial charge in [-0.3, -0.25) is 4.90 Å². The van der Waals surface area contributed by atoms with Crippen molar-refractivity contribution in [1.82, 2.24) is 25.1 Å². The molecule has 0 aliphatic carbocycles. The zero-order chi connectivity index (χ0) is 18.0. The van der Waals surface area contributed by atoms with E-state index >= 15 is 0 Å². The Balaban J connectivity index is 1.71. The summed E-state index contributed by atoms with van der Waals surface area (Å²) < 4.78 is 15.0. The molecule has 1 aliphatic rings. The summed E-state index contributed by atoms with van der Waals surface area (Å²) >= 11 is 0. The summed E-state index contributed by atoms with van der Waals surface area (Å²) in [4.78, 5) is 4.75. The molecule has 1 saturated heterocycles. The number of piperazine rings is 1. The second-order valence-corrected chi connectivity index (χ2v) is 7.54. The van der Waals surface area contributed by atoms with Crippen LogP contribution in [0.25, 0.3) is 0 Å². The largest absolute Gasteiger partial charge is 0.369 e. The Labute approximate surface area is 148 Å². The molecule has 25 heavy (non-hydrogen) atoms. The molecule has 7 heteroatoms. The number of hydrogen-bond acceptors (Lipinski definition) is 5. The number of benzene rings is 1. The van der Waals surface area contributed by atoms with Gasteiger partial charge in [0.15, 0.2) is 5.82 Å². The van der Waals surface area contributed by atoms with Crippen LogP contribution < -0.4 is 4.90 Å². The maximum atomic E-state index is 13.1. The van der Waals surface area contributed by atoms with Crippen LogP contribution in [0.4, 0.5) is 10.1 Å². The van der Waals surface area contributed by atoms with Crippen molar-refractivity contribution in [3.05, 3.63) is 35.9 Å². The van der Waals surface area contributed by atoms with Crippen LogP contribution in [0.3, 0.4) is 0 Å². The Morgan fingerprint density at radius 3 is 2.28 bits per heavy atom. The van der Waals surface area contributed by atoms with Crippen molar-refractivity contribution in [3.8, 4) is 0 Å². The van der Waals surface area contributed by atoms with E-state index < -0.39 is 0 Å². The Hall–Kier alpha value is -2.02. The highest BCUT2D eigenvalue weighted by molar-refractivity contribution is 5.46. The van der Waals surface area contributed by atoms with Gasteiger partial charge in [-0.15, -0.1) is 5.10 Å². The molecule has 1 fully saturated rings. The van der Waals surface area contributed by atoms with E-state index in [1.165, 1.54) is 12.1 Å². The summed E-state index contributed by atoms with van der Waals surface area (Å²) in [6.07, 6.45) is 0.965. The fourth-order valence-electron chi connectivity index (χ4n) is 3.43. The zero-order valence-electron chi connectivity index (χ0n) is 15.5. The van der Waals surface area contributed by atoms with E-state index in [2.05, 4.69) is 53.0 Å². The molecule has 1 aromatic heterocycles. The van der Waals surface area contributed by atoms with Crippen molar-refractivity contribution >= 4 is 5.69 Å². The molecule has 0 radical (unpaired) electrons. The SMILES string of the molecule is CCC(c1nnnn1C(C)(C)C)N1CCN(c2ccc(F)cc2)CC1. The molecule has 1 aromatic carbocycles. The minimum absolute atomic E-state index is 0.137. The van der Waals surface area contributed by atoms with Crippen LogP contribution in [-0.4, -0.2) is 51.3 Å². The smallest absolute Gasteiger partial charge is 0.168 e. The van der Waals surface area contributed by atoms with Crippen LogP contribution in [-0.2, 0) is 5.54 Å². The third kappa shape index (κ3) is 3.81. The lowest BCUT2D eigenvalue weighted by Gasteiger charge is -2.40. The van der Waals surface area contributed by atoms with E-state index in [-0.39, 0.29) is 17.4 Å². The van der Waals surface area contributed by atoms with Crippen molar-refractivity contribution in [1.29, 1.82) is 0 Å². The highest BCUT2D eigenvalue weighted by atomic mass is 19.1. The molecule has 0 saturated carbocycles. The number of halogens is 1. The van der Waals surface area contributed by atoms with Gasteiger partial charge in [-0.25, -0.2) is 9.07 Å². The summed E-state index contributed by atoms with van der Waals surface area (Å²) in [5.74, 6) is 0.743. The van der Waals surface area contributed by atoms with E-state index in [1.807, 2.05) is 16.8 Å². The number of aromatic nitrogens is 4. The van der Waals surface area contributed by atoms with Gasteiger partial charge in [-0.05, 0) is 61.9 Å². The molecule has 2 aromatic rings. The third-order valence-electron chi connectivity index (χ3n) is 4.76. The van der Waals surface area contributed by atoms with E-state index in [9.17, 15) is 4.39 Å². The number of nitrogens with zero attached hydrogens (tertiary/aromatic N) is 6. The molecule has 2 heterocycles. The standard InChI is InChI=1S/C18H27FN6/c1-5-16(17-20-21-22-25(17)18(2,3)4)24-12-10-23(11-13-24)15-8-6-14(19)7-9-15/h6-9,16H,5,10-13H2,1-4H3. The van der Waals surface area contributed by atoms with E-state index in [0.717, 1.165) is 44.1 Å². The lowest BCUT2D eigenvalue weighted by molar-refractivity contribution is 0.161. The summed E-state index contributed by atoms with van der Waals surface area (Å²) in [6.45, 7) is 12.2. The molecule has 136 valence electrons. The van der Waals surface area contributed by atoms with Crippen LogP contribution in [0, 0.1) is 5.82 Å². The molecule has 0 N–H and O–H groups in total. The van der Waals surface area contributed by atoms with Crippen molar-refractivity contribution < 1.29 is 4.39 Å². The highest BCUT2D eigenvalue weighted by Gasteiger charge is 2.30. The van der Waals surface area contributed by atoms with Gasteiger partial charge in [0.1, 0.15) is 5.82 Å². The normalized spacial score (nSPS) is 17.7. The van der Waals surface area contributed by atoms with Gasteiger partial charge in [-0.2, -0.15) is 0 Å². The lowest BCUT2D eigenvalue weighted by Crippen LogP contribution is -2.48. The van der Waals surface area contributed by atoms with Gasteiger partial charge in [0.05, 0.1) is 11.6 Å². The van der Waals surface area contributed by atoms with Crippen LogP contribution in [0.2, 0.25) is 0 Å². The van der Waals surface area contributed by atoms with Crippen molar-refractivity contribution in [2.24, 2.45) is 0 Å². The summed E-state index contributed by atoms with van der Waals surface area (Å²) in [5, 5.41) is 12.4. The van der Waals surface area contributed by atoms with Crippen LogP contribution >= 0.6 is 0 Å². The molecule has 0 amide bonds. The van der Waals surface area contributed by atoms with Crippen molar-refractivity contribution in [2.75, 3.05) is 31.1 Å². The van der Waals surface area contributed by atoms with Gasteiger partial charge in [0.2, 0.25) is 0 Å². The fraction of sp³-hybridized carbons (Fsp3) is 0.611. The predicted molar refractivity (Wildman–Crippen MR) is 96.0 cm³/mol. The Kier molecular flexibility index (Phi) is 5.03. The predicted octanol–water partition coefficient (Wildman–Crippen LogP) is 2.84. The number of anilines is 1. The zero-order valence-corrected chi connectivity index (χ0v) is 15.5. The maximum absolute atomic E-state index is 13.1. The molecule has 0 spiro atoms. The molecule has 1 atom stereocenters. The first kappa shape index (κ1) is 17.8. The van der Waals surface area contributed by atoms with E-state index in [4.69, 9.17) is 0 Å². The first-order valence-corrected chi connectivity index (χ1v) is 8.93. The maximum Gasteiger partial charge on any atom is 0.168 e. The second-order valence-electron chi connectivity index (χ2n) is 7.54. The molecule has 1 aliphatic heterocycles. The highest BCUT2D eigenvalue weighted by Crippen LogP contribution is 2.27. The number of tetrazole rings is 1. The molecule has 6 nitrogen and oxygen atoms in total. The summed E-state index contributed by atoms with van der Waals surface area (Å²) in [5.41, 5.74) is 0.941. The number of hydrogen-bond donors (Lipinski definition) is 0. The molecular weight excluding hydrogens is 319 g/mol. The Bertz CT molecular complexity index is 682. The topological polar surface area (TPSA) is 50.1 Å². The minimum atomic E-state index is -0.192. The number of rotatable bonds is 4. The first-order valence-electron chi connectivity index (χ1n) is 8.93. The van der Waals surface area contributed by atoms with Crippen LogP contribution in [0.5, 0.6) is 0 Å². The Morgan fingerprint density at radius 1 is 1.08 bits per heavy atom. The third-order valence-corrected chi connectivity index (χ3v) is 4.76. The molecule has 0 bridgehead atoms. The summed E-state index contributed by atoms with van der Waals surface area (Å²) in [6, 6.07) is 6.96. The van der Waals surface area contributed by atoms with Crippen molar-refractivity contribution in [2.45, 2.75) is 45.7 Å². The van der Waals surface area contributed by atoms with E-state index in [1.54, 1.807) is 0 Å². The fourth-order valence-corrected chi connectivity index (χ4v) is 3.43. The van der Waals surface area contributed by atoms with Crippen molar-refractivity contribution in [3.63, 3.8) is 0 Å². The first-order chi connectivity index (χ1) is 11.9. The van der Waals surface area contributed by atoms with Gasteiger partial charge in [0, 0.05) is 31.9 Å². The van der Waals surface area contributed by atoms with Crippen LogP contribution in [0.1, 0.15) is 46.0 Å². The average Bonchev–Trinajstić information content (AvgIpc) is 3.07. The van der Waals surface area contributed by atoms with Gasteiger partial charge in [-0.1, -0.05) is 6.92 Å². The summed E-state index contributed by atoms with van der Waals surface area (Å²) in [7, 11) is 0. The minimum Gasteiger partial charge on any atom is -0.369 e. The van der Waals surface area contributed by atoms with Crippen LogP contribution in [0.15, 0.2) is 24.3 Å². The second kappa shape index (κ2) is 7.07. The quantitative estimate of drug-likeness (QED) is 0.852. The van der Waals surface area contributed by atoms with E-state index in [0.29, 0.717) is 0 Å². The molecule has 1 unspecified atom stereocenters. The van der Waals surface area contributed by atoms with Gasteiger partial charge in [0.25, 0.3) is 0 Å². The molecular formula is C18H27FN6. The molecule has 3 rings (SSSR count). The monoisotopic (exact) mass is 346 g/mol. The van der Waals surface area contributed by atoms with Gasteiger partial charge < -0.3 is 4.90 Å². The van der Waals surface area contributed by atoms with Gasteiger partial charge >= 0.3 is 0 Å². The lowest BCUT2D eigenvalue weighted by atomic mass is 10.1.